The van der Waals surface area contributed by atoms with Crippen LogP contribution in [-0.4, -0.2) is 56.4 Å². The number of amides is 1. The second kappa shape index (κ2) is 8.87. The van der Waals surface area contributed by atoms with Gasteiger partial charge >= 0.3 is 6.18 Å². The lowest BCUT2D eigenvalue weighted by Crippen LogP contribution is -2.49. The molecule has 1 aliphatic carbocycles. The van der Waals surface area contributed by atoms with E-state index < -0.39 is 32.4 Å². The van der Waals surface area contributed by atoms with Crippen LogP contribution in [0, 0.1) is 10.1 Å². The molecule has 1 N–H and O–H groups in total. The van der Waals surface area contributed by atoms with Crippen LogP contribution in [0.25, 0.3) is 0 Å². The molecule has 1 heterocycles. The summed E-state index contributed by atoms with van der Waals surface area (Å²) in [6.07, 6.45) is -3.09. The number of rotatable bonds is 6. The van der Waals surface area contributed by atoms with Crippen molar-refractivity contribution in [2.24, 2.45) is 0 Å². The second-order valence-corrected chi connectivity index (χ2v) is 9.87. The molecule has 0 radical (unpaired) electrons. The van der Waals surface area contributed by atoms with Crippen molar-refractivity contribution < 1.29 is 31.3 Å². The third kappa shape index (κ3) is 5.14. The monoisotopic (exact) mass is 498 g/mol. The number of piperazine rings is 1. The van der Waals surface area contributed by atoms with Gasteiger partial charge in [-0.2, -0.15) is 13.2 Å². The van der Waals surface area contributed by atoms with Crippen LogP contribution >= 0.6 is 0 Å². The number of anilines is 1. The first kappa shape index (κ1) is 24.0. The van der Waals surface area contributed by atoms with Crippen molar-refractivity contribution in [1.29, 1.82) is 0 Å². The Balaban J connectivity index is 1.43. The van der Waals surface area contributed by atoms with Crippen molar-refractivity contribution in [3.8, 4) is 0 Å². The zero-order valence-corrected chi connectivity index (χ0v) is 18.6. The maximum Gasteiger partial charge on any atom is 0.416 e. The predicted octanol–water partition coefficient (Wildman–Crippen LogP) is 3.02. The predicted molar refractivity (Wildman–Crippen MR) is 116 cm³/mol. The number of carbonyl (C=O) groups is 1. The van der Waals surface area contributed by atoms with Gasteiger partial charge in [0.1, 0.15) is 5.69 Å². The highest BCUT2D eigenvalue weighted by atomic mass is 32.2. The Bertz CT molecular complexity index is 1210. The molecule has 4 rings (SSSR count). The molecule has 13 heteroatoms. The fourth-order valence-corrected chi connectivity index (χ4v) is 5.02. The summed E-state index contributed by atoms with van der Waals surface area (Å²) >= 11 is 0. The van der Waals surface area contributed by atoms with E-state index in [-0.39, 0.29) is 48.7 Å². The molecule has 0 bridgehead atoms. The second-order valence-electron chi connectivity index (χ2n) is 8.16. The molecular formula is C21H21F3N4O5S. The summed E-state index contributed by atoms with van der Waals surface area (Å²) in [6, 6.07) is 7.93. The minimum absolute atomic E-state index is 0.0388. The first-order valence-electron chi connectivity index (χ1n) is 10.5. The fraction of sp³-hybridized carbons (Fsp3) is 0.381. The fourth-order valence-electron chi connectivity index (χ4n) is 3.71. The molecule has 34 heavy (non-hydrogen) atoms. The van der Waals surface area contributed by atoms with Crippen LogP contribution in [0.5, 0.6) is 0 Å². The molecule has 0 atom stereocenters. The summed E-state index contributed by atoms with van der Waals surface area (Å²) in [7, 11) is -3.63. The highest BCUT2D eigenvalue weighted by Gasteiger charge is 2.34. The topological polar surface area (TPSA) is 113 Å². The third-order valence-corrected chi connectivity index (χ3v) is 7.25. The van der Waals surface area contributed by atoms with Gasteiger partial charge in [0.15, 0.2) is 0 Å². The molecule has 1 aliphatic heterocycles. The molecule has 2 fully saturated rings. The first-order valence-corrected chi connectivity index (χ1v) is 12.0. The summed E-state index contributed by atoms with van der Waals surface area (Å²) in [4.78, 5) is 26.5. The van der Waals surface area contributed by atoms with Gasteiger partial charge in [-0.3, -0.25) is 14.9 Å². The summed E-state index contributed by atoms with van der Waals surface area (Å²) < 4.78 is 65.9. The Kier molecular flexibility index (Phi) is 6.25. The number of nitrogens with one attached hydrogen (secondary N) is 1. The zero-order chi connectivity index (χ0) is 24.7. The number of nitro benzene ring substituents is 1. The zero-order valence-electron chi connectivity index (χ0n) is 17.8. The normalized spacial score (nSPS) is 17.0. The van der Waals surface area contributed by atoms with Gasteiger partial charge in [-0.15, -0.1) is 0 Å². The van der Waals surface area contributed by atoms with Crippen molar-refractivity contribution in [1.82, 2.24) is 9.62 Å². The van der Waals surface area contributed by atoms with Gasteiger partial charge in [0, 0.05) is 43.9 Å². The average molecular weight is 498 g/mol. The SMILES string of the molecule is O=C(c1ccc(S(=O)(=O)NC2CC2)cc1)N1CCN(c2ccc(C(F)(F)F)cc2[N+](=O)[O-])CC1. The summed E-state index contributed by atoms with van der Waals surface area (Å²) in [6.45, 7) is 0.770. The number of sulfonamides is 1. The van der Waals surface area contributed by atoms with E-state index in [1.54, 1.807) is 4.90 Å². The van der Waals surface area contributed by atoms with Gasteiger partial charge in [-0.05, 0) is 49.2 Å². The molecule has 1 saturated heterocycles. The lowest BCUT2D eigenvalue weighted by Gasteiger charge is -2.36. The van der Waals surface area contributed by atoms with Gasteiger partial charge in [0.2, 0.25) is 10.0 Å². The largest absolute Gasteiger partial charge is 0.416 e. The highest BCUT2D eigenvalue weighted by molar-refractivity contribution is 7.89. The Hall–Kier alpha value is -3.19. The molecular weight excluding hydrogens is 477 g/mol. The van der Waals surface area contributed by atoms with Gasteiger partial charge < -0.3 is 9.80 Å². The maximum absolute atomic E-state index is 12.9. The smallest absolute Gasteiger partial charge is 0.362 e. The van der Waals surface area contributed by atoms with Crippen LogP contribution < -0.4 is 9.62 Å². The molecule has 2 aromatic rings. The van der Waals surface area contributed by atoms with Crippen LogP contribution in [-0.2, 0) is 16.2 Å². The standard InChI is InChI=1S/C21H21F3N4O5S/c22-21(23,24)15-3-8-18(19(13-15)28(30)31)26-9-11-27(12-10-26)20(29)14-1-6-17(7-2-14)34(32,33)25-16-4-5-16/h1-3,6-8,13,16,25H,4-5,9-12H2. The van der Waals surface area contributed by atoms with Crippen molar-refractivity contribution in [3.63, 3.8) is 0 Å². The molecule has 2 aromatic carbocycles. The van der Waals surface area contributed by atoms with E-state index in [1.807, 2.05) is 0 Å². The van der Waals surface area contributed by atoms with Gasteiger partial charge in [0.25, 0.3) is 11.6 Å². The summed E-state index contributed by atoms with van der Waals surface area (Å²) in [5, 5.41) is 11.4. The molecule has 0 spiro atoms. The Morgan fingerprint density at radius 1 is 1.03 bits per heavy atom. The number of halogens is 3. The number of alkyl halides is 3. The molecule has 0 unspecified atom stereocenters. The highest BCUT2D eigenvalue weighted by Crippen LogP contribution is 2.36. The summed E-state index contributed by atoms with van der Waals surface area (Å²) in [5.74, 6) is -0.333. The van der Waals surface area contributed by atoms with Crippen molar-refractivity contribution >= 4 is 27.3 Å². The number of benzene rings is 2. The van der Waals surface area contributed by atoms with Crippen LogP contribution in [0.3, 0.4) is 0 Å². The minimum atomic E-state index is -4.70. The minimum Gasteiger partial charge on any atom is -0.362 e. The Morgan fingerprint density at radius 2 is 1.65 bits per heavy atom. The van der Waals surface area contributed by atoms with E-state index in [2.05, 4.69) is 4.72 Å². The van der Waals surface area contributed by atoms with Crippen molar-refractivity contribution in [2.45, 2.75) is 30.0 Å². The third-order valence-electron chi connectivity index (χ3n) is 5.72. The van der Waals surface area contributed by atoms with E-state index in [0.717, 1.165) is 25.0 Å². The van der Waals surface area contributed by atoms with Crippen molar-refractivity contribution in [3.05, 3.63) is 63.7 Å². The Labute approximate surface area is 193 Å². The van der Waals surface area contributed by atoms with Crippen LogP contribution in [0.2, 0.25) is 0 Å². The van der Waals surface area contributed by atoms with E-state index in [1.165, 1.54) is 29.2 Å². The number of nitrogens with zero attached hydrogens (tertiary/aromatic N) is 3. The first-order chi connectivity index (χ1) is 16.0. The summed E-state index contributed by atoms with van der Waals surface area (Å²) in [5.41, 5.74) is -1.40. The number of hydrogen-bond donors (Lipinski definition) is 1. The average Bonchev–Trinajstić information content (AvgIpc) is 3.61. The lowest BCUT2D eigenvalue weighted by molar-refractivity contribution is -0.384. The number of hydrogen-bond acceptors (Lipinski definition) is 6. The van der Waals surface area contributed by atoms with Gasteiger partial charge in [-0.25, -0.2) is 13.1 Å². The van der Waals surface area contributed by atoms with E-state index in [4.69, 9.17) is 0 Å². The quantitative estimate of drug-likeness (QED) is 0.484. The molecule has 9 nitrogen and oxygen atoms in total. The molecule has 0 aromatic heterocycles. The lowest BCUT2D eigenvalue weighted by atomic mass is 10.1. The molecule has 1 saturated carbocycles. The molecule has 2 aliphatic rings. The number of carbonyl (C=O) groups excluding carboxylic acids is 1. The van der Waals surface area contributed by atoms with Gasteiger partial charge in [-0.1, -0.05) is 0 Å². The Morgan fingerprint density at radius 3 is 2.18 bits per heavy atom. The van der Waals surface area contributed by atoms with Crippen LogP contribution in [0.1, 0.15) is 28.8 Å². The molecule has 182 valence electrons. The van der Waals surface area contributed by atoms with Crippen molar-refractivity contribution in [2.75, 3.05) is 31.1 Å². The van der Waals surface area contributed by atoms with Crippen LogP contribution in [0.4, 0.5) is 24.5 Å². The van der Waals surface area contributed by atoms with E-state index in [0.29, 0.717) is 11.6 Å². The van der Waals surface area contributed by atoms with E-state index >= 15 is 0 Å². The molecule has 1 amide bonds. The van der Waals surface area contributed by atoms with Gasteiger partial charge in [0.05, 0.1) is 15.4 Å². The van der Waals surface area contributed by atoms with Crippen LogP contribution in [0.15, 0.2) is 47.4 Å². The maximum atomic E-state index is 12.9. The number of nitro groups is 1. The van der Waals surface area contributed by atoms with E-state index in [9.17, 15) is 36.5 Å².